The van der Waals surface area contributed by atoms with Gasteiger partial charge in [0, 0.05) is 13.6 Å². The largest absolute Gasteiger partial charge is 0.411 e. The Bertz CT molecular complexity index is 54.3. The monoisotopic (exact) mass is 86.0 g/mol. The molecule has 6 heavy (non-hydrogen) atoms. The second kappa shape index (κ2) is 37.6. The highest BCUT2D eigenvalue weighted by molar-refractivity contribution is 5.20. The van der Waals surface area contributed by atoms with E-state index < -0.39 is 0 Å². The number of rotatable bonds is 0. The third-order valence-corrected chi connectivity index (χ3v) is 0. The van der Waals surface area contributed by atoms with Crippen molar-refractivity contribution in [2.24, 2.45) is 5.16 Å². The maximum Gasteiger partial charge on any atom is 0.0587 e. The van der Waals surface area contributed by atoms with Crippen molar-refractivity contribution in [3.8, 4) is 6.07 Å². The molecule has 3 heteroatoms. The zero-order valence-corrected chi connectivity index (χ0v) is 3.55. The molecule has 0 fully saturated rings. The van der Waals surface area contributed by atoms with Crippen LogP contribution in [0.1, 0.15) is 6.92 Å². The number of nitrogens with zero attached hydrogens (tertiary/aromatic N) is 2. The van der Waals surface area contributed by atoms with Crippen LogP contribution < -0.4 is 0 Å². The molecule has 0 radical (unpaired) electrons. The van der Waals surface area contributed by atoms with Crippen LogP contribution in [0.5, 0.6) is 0 Å². The highest BCUT2D eigenvalue weighted by atomic mass is 16.4. The summed E-state index contributed by atoms with van der Waals surface area (Å²) in [6, 6.07) is 1.75. The molecule has 0 aliphatic rings. The normalized spacial score (nSPS) is 3.33. The van der Waals surface area contributed by atoms with Gasteiger partial charge >= 0.3 is 0 Å². The fourth-order valence-electron chi connectivity index (χ4n) is 0. The molecule has 0 aliphatic heterocycles. The molecule has 0 spiro atoms. The summed E-state index contributed by atoms with van der Waals surface area (Å²) in [7, 11) is 0. The first kappa shape index (κ1) is 8.88. The summed E-state index contributed by atoms with van der Waals surface area (Å²) in [5, 5.41) is 16.7. The van der Waals surface area contributed by atoms with Gasteiger partial charge in [-0.25, -0.2) is 0 Å². The van der Waals surface area contributed by atoms with Gasteiger partial charge in [0.1, 0.15) is 0 Å². The minimum absolute atomic E-state index is 1.43. The molecule has 0 bridgehead atoms. The summed E-state index contributed by atoms with van der Waals surface area (Å²) in [4.78, 5) is 0. The van der Waals surface area contributed by atoms with Gasteiger partial charge in [-0.3, -0.25) is 0 Å². The summed E-state index contributed by atoms with van der Waals surface area (Å²) in [5.74, 6) is 0. The summed E-state index contributed by atoms with van der Waals surface area (Å²) in [6.07, 6.45) is 0. The number of oxime groups is 1. The molecule has 0 aliphatic carbocycles. The lowest BCUT2D eigenvalue weighted by molar-refractivity contribution is 0.323. The van der Waals surface area contributed by atoms with Crippen LogP contribution in [0.25, 0.3) is 0 Å². The van der Waals surface area contributed by atoms with E-state index in [0.717, 1.165) is 0 Å². The van der Waals surface area contributed by atoms with E-state index >= 15 is 0 Å². The lowest BCUT2D eigenvalue weighted by Crippen LogP contribution is -1.30. The molecular formula is C3H6N2O. The van der Waals surface area contributed by atoms with Gasteiger partial charge in [-0.05, 0) is 0 Å². The van der Waals surface area contributed by atoms with Crippen molar-refractivity contribution in [3.05, 3.63) is 0 Å². The van der Waals surface area contributed by atoms with Crippen LogP contribution in [0.4, 0.5) is 0 Å². The van der Waals surface area contributed by atoms with Crippen LogP contribution >= 0.6 is 0 Å². The maximum atomic E-state index is 7.32. The smallest absolute Gasteiger partial charge is 0.0587 e. The number of hydrogen-bond donors (Lipinski definition) is 1. The summed E-state index contributed by atoms with van der Waals surface area (Å²) >= 11 is 0. The van der Waals surface area contributed by atoms with Gasteiger partial charge in [0.2, 0.25) is 0 Å². The highest BCUT2D eigenvalue weighted by Crippen LogP contribution is 1.22. The van der Waals surface area contributed by atoms with E-state index in [2.05, 4.69) is 11.9 Å². The zero-order chi connectivity index (χ0) is 5.41. The highest BCUT2D eigenvalue weighted by Gasteiger charge is 1.17. The van der Waals surface area contributed by atoms with Crippen LogP contribution in [0.3, 0.4) is 0 Å². The second-order valence-electron chi connectivity index (χ2n) is 0.365. The SMILES string of the molecule is C=NO.CC#N. The molecule has 0 aromatic carbocycles. The Labute approximate surface area is 36.5 Å². The van der Waals surface area contributed by atoms with E-state index in [1.165, 1.54) is 6.92 Å². The molecule has 0 heterocycles. The van der Waals surface area contributed by atoms with Crippen LogP contribution in [-0.4, -0.2) is 11.9 Å². The van der Waals surface area contributed by atoms with E-state index in [0.29, 0.717) is 0 Å². The predicted octanol–water partition coefficient (Wildman–Crippen LogP) is 0.606. The van der Waals surface area contributed by atoms with Crippen LogP contribution in [0.15, 0.2) is 5.16 Å². The van der Waals surface area contributed by atoms with Crippen molar-refractivity contribution in [3.63, 3.8) is 0 Å². The average molecular weight is 86.1 g/mol. The molecule has 1 N–H and O–H groups in total. The third kappa shape index (κ3) is 10.5. The Morgan fingerprint density at radius 3 is 2.00 bits per heavy atom. The molecular weight excluding hydrogens is 80.0 g/mol. The average Bonchev–Trinajstić information content (AvgIpc) is 1.39. The molecule has 0 saturated heterocycles. The fraction of sp³-hybridized carbons (Fsp3) is 0.333. The third-order valence-electron chi connectivity index (χ3n) is 0. The number of nitriles is 1. The van der Waals surface area contributed by atoms with E-state index in [1.54, 1.807) is 6.07 Å². The number of hydrogen-bond acceptors (Lipinski definition) is 3. The predicted molar refractivity (Wildman–Crippen MR) is 22.6 cm³/mol. The Morgan fingerprint density at radius 1 is 2.00 bits per heavy atom. The van der Waals surface area contributed by atoms with Crippen molar-refractivity contribution >= 4 is 6.72 Å². The first-order chi connectivity index (χ1) is 2.83. The fourth-order valence-corrected chi connectivity index (χ4v) is 0. The quantitative estimate of drug-likeness (QED) is 0.266. The summed E-state index contributed by atoms with van der Waals surface area (Å²) in [6.45, 7) is 4.10. The molecule has 34 valence electrons. The van der Waals surface area contributed by atoms with E-state index in [9.17, 15) is 0 Å². The van der Waals surface area contributed by atoms with Gasteiger partial charge in [-0.2, -0.15) is 5.26 Å². The first-order valence-electron chi connectivity index (χ1n) is 1.24. The van der Waals surface area contributed by atoms with Crippen molar-refractivity contribution < 1.29 is 5.21 Å². The van der Waals surface area contributed by atoms with E-state index in [1.807, 2.05) is 0 Å². The standard InChI is InChI=1S/C2H3N.CH3NO/c2*1-2-3/h1H3;3H,1H2. The molecule has 0 aromatic heterocycles. The minimum Gasteiger partial charge on any atom is -0.411 e. The van der Waals surface area contributed by atoms with Crippen molar-refractivity contribution in [1.82, 2.24) is 0 Å². The Balaban J connectivity index is 0. The summed E-state index contributed by atoms with van der Waals surface area (Å²) in [5.41, 5.74) is 0. The first-order valence-corrected chi connectivity index (χ1v) is 1.24. The van der Waals surface area contributed by atoms with Gasteiger partial charge < -0.3 is 5.21 Å². The van der Waals surface area contributed by atoms with Gasteiger partial charge in [0.05, 0.1) is 6.07 Å². The molecule has 3 nitrogen and oxygen atoms in total. The Hall–Kier alpha value is -1.04. The van der Waals surface area contributed by atoms with E-state index in [4.69, 9.17) is 10.5 Å². The van der Waals surface area contributed by atoms with Gasteiger partial charge in [-0.1, -0.05) is 0 Å². The lowest BCUT2D eigenvalue weighted by atomic mass is 11.0. The van der Waals surface area contributed by atoms with Crippen molar-refractivity contribution in [1.29, 1.82) is 5.26 Å². The molecule has 0 amide bonds. The van der Waals surface area contributed by atoms with Gasteiger partial charge in [0.15, 0.2) is 0 Å². The molecule has 0 unspecified atom stereocenters. The maximum absolute atomic E-state index is 7.32. The van der Waals surface area contributed by atoms with Crippen LogP contribution in [0.2, 0.25) is 0 Å². The molecule has 0 atom stereocenters. The van der Waals surface area contributed by atoms with Crippen LogP contribution in [0, 0.1) is 11.3 Å². The topological polar surface area (TPSA) is 56.4 Å². The minimum atomic E-state index is 1.43. The van der Waals surface area contributed by atoms with Crippen LogP contribution in [-0.2, 0) is 0 Å². The molecule has 0 aromatic rings. The van der Waals surface area contributed by atoms with E-state index in [-0.39, 0.29) is 0 Å². The van der Waals surface area contributed by atoms with Crippen molar-refractivity contribution in [2.75, 3.05) is 0 Å². The zero-order valence-electron chi connectivity index (χ0n) is 3.55. The van der Waals surface area contributed by atoms with Gasteiger partial charge in [-0.15, -0.1) is 5.16 Å². The Morgan fingerprint density at radius 2 is 2.00 bits per heavy atom. The molecule has 0 rings (SSSR count). The Kier molecular flexibility index (Phi) is 55.7. The second-order valence-corrected chi connectivity index (χ2v) is 0.365. The van der Waals surface area contributed by atoms with Gasteiger partial charge in [0.25, 0.3) is 0 Å². The molecule has 0 saturated carbocycles. The lowest BCUT2D eigenvalue weighted by Gasteiger charge is -1.43. The van der Waals surface area contributed by atoms with Crippen molar-refractivity contribution in [2.45, 2.75) is 6.92 Å². The summed E-state index contributed by atoms with van der Waals surface area (Å²) < 4.78 is 0.